The number of halogens is 2. The molecule has 0 saturated heterocycles. The van der Waals surface area contributed by atoms with E-state index in [9.17, 15) is 9.59 Å². The Kier molecular flexibility index (Phi) is 7.53. The fourth-order valence-corrected chi connectivity index (χ4v) is 6.49. The van der Waals surface area contributed by atoms with Crippen LogP contribution in [0, 0.1) is 0 Å². The summed E-state index contributed by atoms with van der Waals surface area (Å²) in [6.45, 7) is 3.68. The zero-order chi connectivity index (χ0) is 29.5. The van der Waals surface area contributed by atoms with E-state index in [1.807, 2.05) is 42.5 Å². The first kappa shape index (κ1) is 28.0. The molecule has 212 valence electrons. The predicted molar refractivity (Wildman–Crippen MR) is 165 cm³/mol. The highest BCUT2D eigenvalue weighted by Gasteiger charge is 2.36. The monoisotopic (exact) mass is 618 g/mol. The van der Waals surface area contributed by atoms with Gasteiger partial charge in [0.1, 0.15) is 23.3 Å². The van der Waals surface area contributed by atoms with Gasteiger partial charge in [0.25, 0.3) is 5.56 Å². The topological polar surface area (TPSA) is 83.0 Å². The molecule has 0 bridgehead atoms. The molecular weight excluding hydrogens is 595 g/mol. The molecule has 1 atom stereocenters. The van der Waals surface area contributed by atoms with E-state index in [4.69, 9.17) is 37.1 Å². The van der Waals surface area contributed by atoms with Crippen LogP contribution in [-0.2, 0) is 9.53 Å². The van der Waals surface area contributed by atoms with Crippen molar-refractivity contribution in [2.24, 2.45) is 4.99 Å². The highest BCUT2D eigenvalue weighted by molar-refractivity contribution is 7.07. The summed E-state index contributed by atoms with van der Waals surface area (Å²) in [6, 6.07) is 19.6. The molecule has 0 fully saturated rings. The van der Waals surface area contributed by atoms with E-state index in [-0.39, 0.29) is 17.7 Å². The van der Waals surface area contributed by atoms with Crippen LogP contribution in [-0.4, -0.2) is 24.3 Å². The molecule has 6 rings (SSSR count). The molecule has 3 heterocycles. The molecule has 2 aromatic heterocycles. The van der Waals surface area contributed by atoms with Gasteiger partial charge in [0, 0.05) is 17.2 Å². The summed E-state index contributed by atoms with van der Waals surface area (Å²) in [7, 11) is 1.57. The van der Waals surface area contributed by atoms with Crippen molar-refractivity contribution in [1.82, 2.24) is 4.57 Å². The molecule has 10 heteroatoms. The van der Waals surface area contributed by atoms with E-state index in [0.29, 0.717) is 47.9 Å². The Morgan fingerprint density at radius 2 is 1.90 bits per heavy atom. The van der Waals surface area contributed by atoms with Crippen molar-refractivity contribution in [3.05, 3.63) is 119 Å². The van der Waals surface area contributed by atoms with Gasteiger partial charge in [-0.15, -0.1) is 0 Å². The van der Waals surface area contributed by atoms with Crippen molar-refractivity contribution >= 4 is 57.4 Å². The molecule has 0 amide bonds. The maximum absolute atomic E-state index is 14.1. The summed E-state index contributed by atoms with van der Waals surface area (Å²) in [5.74, 6) is 1.06. The number of esters is 1. The second-order valence-electron chi connectivity index (χ2n) is 9.54. The van der Waals surface area contributed by atoms with Crippen molar-refractivity contribution in [2.75, 3.05) is 13.7 Å². The third-order valence-electron chi connectivity index (χ3n) is 7.05. The van der Waals surface area contributed by atoms with Gasteiger partial charge >= 0.3 is 5.97 Å². The second kappa shape index (κ2) is 11.3. The van der Waals surface area contributed by atoms with Gasteiger partial charge in [0.05, 0.1) is 39.6 Å². The van der Waals surface area contributed by atoms with Crippen LogP contribution in [0.25, 0.3) is 28.2 Å². The quantitative estimate of drug-likeness (QED) is 0.202. The number of fused-ring (bicyclic) bond motifs is 2. The smallest absolute Gasteiger partial charge is 0.338 e. The molecule has 7 nitrogen and oxygen atoms in total. The van der Waals surface area contributed by atoms with Crippen LogP contribution in [0.2, 0.25) is 10.0 Å². The lowest BCUT2D eigenvalue weighted by molar-refractivity contribution is -0.139. The number of nitrogens with zero attached hydrogens (tertiary/aromatic N) is 2. The molecule has 0 aliphatic carbocycles. The van der Waals surface area contributed by atoms with E-state index in [0.717, 1.165) is 16.3 Å². The van der Waals surface area contributed by atoms with Crippen molar-refractivity contribution in [1.29, 1.82) is 0 Å². The fraction of sp³-hybridized carbons (Fsp3) is 0.156. The molecule has 5 aromatic rings. The molecule has 42 heavy (non-hydrogen) atoms. The average Bonchev–Trinajstić information content (AvgIpc) is 3.57. The van der Waals surface area contributed by atoms with Gasteiger partial charge in [0.15, 0.2) is 4.80 Å². The highest BCUT2D eigenvalue weighted by Crippen LogP contribution is 2.40. The van der Waals surface area contributed by atoms with Crippen LogP contribution >= 0.6 is 34.5 Å². The number of hydrogen-bond donors (Lipinski definition) is 0. The number of carbonyl (C=O) groups excluding carboxylic acids is 1. The number of thiazole rings is 1. The summed E-state index contributed by atoms with van der Waals surface area (Å²) < 4.78 is 19.2. The summed E-state index contributed by atoms with van der Waals surface area (Å²) in [4.78, 5) is 32.6. The number of methoxy groups -OCH3 is 1. The van der Waals surface area contributed by atoms with Crippen LogP contribution in [0.3, 0.4) is 0 Å². The van der Waals surface area contributed by atoms with Crippen molar-refractivity contribution < 1.29 is 18.7 Å². The number of ether oxygens (including phenoxy) is 2. The number of aromatic nitrogens is 1. The Hall–Kier alpha value is -4.11. The molecule has 3 aromatic carbocycles. The maximum atomic E-state index is 14.1. The van der Waals surface area contributed by atoms with E-state index in [1.165, 1.54) is 11.3 Å². The van der Waals surface area contributed by atoms with Crippen LogP contribution in [0.5, 0.6) is 5.75 Å². The number of hydrogen-bond acceptors (Lipinski definition) is 7. The summed E-state index contributed by atoms with van der Waals surface area (Å²) in [5.41, 5.74) is 1.87. The number of rotatable bonds is 6. The van der Waals surface area contributed by atoms with Crippen LogP contribution in [0.15, 0.2) is 92.2 Å². The van der Waals surface area contributed by atoms with Gasteiger partial charge in [0.2, 0.25) is 0 Å². The lowest BCUT2D eigenvalue weighted by Crippen LogP contribution is -2.40. The Bertz CT molecular complexity index is 2090. The van der Waals surface area contributed by atoms with Crippen LogP contribution in [0.4, 0.5) is 0 Å². The summed E-state index contributed by atoms with van der Waals surface area (Å²) >= 11 is 13.5. The van der Waals surface area contributed by atoms with Crippen molar-refractivity contribution in [3.8, 4) is 17.1 Å². The molecule has 0 saturated carbocycles. The maximum Gasteiger partial charge on any atom is 0.338 e. The molecule has 0 spiro atoms. The first-order valence-corrected chi connectivity index (χ1v) is 14.7. The predicted octanol–water partition coefficient (Wildman–Crippen LogP) is 6.53. The summed E-state index contributed by atoms with van der Waals surface area (Å²) in [6.07, 6.45) is 1.67. The minimum Gasteiger partial charge on any atom is -0.496 e. The van der Waals surface area contributed by atoms with Crippen molar-refractivity contribution in [3.63, 3.8) is 0 Å². The lowest BCUT2D eigenvalue weighted by Gasteiger charge is -2.27. The molecule has 0 radical (unpaired) electrons. The fourth-order valence-electron chi connectivity index (χ4n) is 5.16. The van der Waals surface area contributed by atoms with Gasteiger partial charge < -0.3 is 13.9 Å². The third kappa shape index (κ3) is 4.85. The minimum atomic E-state index is -0.827. The van der Waals surface area contributed by atoms with Gasteiger partial charge in [-0.1, -0.05) is 64.9 Å². The highest BCUT2D eigenvalue weighted by atomic mass is 35.5. The normalized spacial score (nSPS) is 15.1. The SMILES string of the molecule is CCOC(=O)C1=C(C)N=c2s/c(=C/c3ccc(-c4ccc(Cl)c(Cl)c4)o3)c(=O)n2[C@@H]1c1c(OC)ccc2ccccc12. The van der Waals surface area contributed by atoms with Gasteiger partial charge in [-0.2, -0.15) is 0 Å². The minimum absolute atomic E-state index is 0.180. The summed E-state index contributed by atoms with van der Waals surface area (Å²) in [5, 5.41) is 2.66. The van der Waals surface area contributed by atoms with E-state index in [2.05, 4.69) is 4.99 Å². The van der Waals surface area contributed by atoms with Crippen molar-refractivity contribution in [2.45, 2.75) is 19.9 Å². The van der Waals surface area contributed by atoms with E-state index in [1.54, 1.807) is 55.9 Å². The average molecular weight is 620 g/mol. The first-order valence-electron chi connectivity index (χ1n) is 13.1. The van der Waals surface area contributed by atoms with Gasteiger partial charge in [-0.05, 0) is 61.0 Å². The van der Waals surface area contributed by atoms with E-state index < -0.39 is 12.0 Å². The Balaban J connectivity index is 1.56. The van der Waals surface area contributed by atoms with Gasteiger partial charge in [-0.25, -0.2) is 9.79 Å². The Morgan fingerprint density at radius 1 is 1.10 bits per heavy atom. The number of carbonyl (C=O) groups is 1. The number of benzene rings is 3. The second-order valence-corrected chi connectivity index (χ2v) is 11.4. The first-order chi connectivity index (χ1) is 20.3. The lowest BCUT2D eigenvalue weighted by atomic mass is 9.90. The number of furan rings is 1. The van der Waals surface area contributed by atoms with Crippen LogP contribution < -0.4 is 19.6 Å². The molecular formula is C32H24Cl2N2O5S. The number of allylic oxidation sites excluding steroid dienone is 1. The molecule has 0 unspecified atom stereocenters. The molecule has 1 aliphatic rings. The van der Waals surface area contributed by atoms with Crippen LogP contribution in [0.1, 0.15) is 31.2 Å². The standard InChI is InChI=1S/C32H24Cl2N2O5S/c1-4-40-31(38)27-17(2)35-32-36(29(27)28-21-8-6-5-7-18(21)10-13-25(28)39-3)30(37)26(42-32)16-20-11-14-24(41-20)19-9-12-22(33)23(34)15-19/h5-16,29H,4H2,1-3H3/b26-16+/t29-/m0/s1. The van der Waals surface area contributed by atoms with Gasteiger partial charge in [-0.3, -0.25) is 9.36 Å². The van der Waals surface area contributed by atoms with E-state index >= 15 is 0 Å². The molecule has 0 N–H and O–H groups in total. The zero-order valence-electron chi connectivity index (χ0n) is 22.8. The molecule has 1 aliphatic heterocycles. The third-order valence-corrected chi connectivity index (χ3v) is 8.77. The Morgan fingerprint density at radius 3 is 2.67 bits per heavy atom. The zero-order valence-corrected chi connectivity index (χ0v) is 25.1. The largest absolute Gasteiger partial charge is 0.496 e. The Labute approximate surface area is 254 Å².